The van der Waals surface area contributed by atoms with Crippen molar-refractivity contribution in [3.8, 4) is 0 Å². The molecule has 0 aliphatic rings. The van der Waals surface area contributed by atoms with E-state index in [1.54, 1.807) is 20.0 Å². The molecule has 0 heterocycles. The summed E-state index contributed by atoms with van der Waals surface area (Å²) in [5.74, 6) is 0.500. The molecule has 0 aromatic rings. The highest BCUT2D eigenvalue weighted by Gasteiger charge is 1.89. The molecule has 208 valence electrons. The van der Waals surface area contributed by atoms with Gasteiger partial charge in [0.25, 0.3) is 0 Å². The van der Waals surface area contributed by atoms with Crippen LogP contribution in [-0.2, 0) is 38.6 Å². The van der Waals surface area contributed by atoms with E-state index in [4.69, 9.17) is 0 Å². The number of sulfone groups is 2. The van der Waals surface area contributed by atoms with Crippen LogP contribution in [0.2, 0.25) is 0 Å². The predicted molar refractivity (Wildman–Crippen MR) is 150 cm³/mol. The summed E-state index contributed by atoms with van der Waals surface area (Å²) in [7, 11) is -6.97. The molecule has 8 nitrogen and oxygen atoms in total. The van der Waals surface area contributed by atoms with Gasteiger partial charge in [0.1, 0.15) is 37.0 Å². The van der Waals surface area contributed by atoms with Crippen molar-refractivity contribution in [2.75, 3.05) is 45.0 Å². The average molecular weight is 535 g/mol. The minimum atomic E-state index is -2.67. The van der Waals surface area contributed by atoms with Crippen LogP contribution in [0.3, 0.4) is 0 Å². The lowest BCUT2D eigenvalue weighted by Crippen LogP contribution is -1.86. The zero-order chi connectivity index (χ0) is 24.2. The minimum absolute atomic E-state index is 0. The smallest absolute Gasteiger partial charge is 0.144 e. The topological polar surface area (TPSA) is 137 Å². The van der Waals surface area contributed by atoms with E-state index in [1.807, 2.05) is 0 Å². The number of Topliss-reactive ketones (excluding diaryl/α,β-unsaturated/α-hetero) is 3. The molecule has 0 aromatic heterocycles. The first kappa shape index (κ1) is 69.7. The molecule has 0 aliphatic heterocycles. The maximum Gasteiger partial charge on any atom is 0.144 e. The van der Waals surface area contributed by atoms with Crippen molar-refractivity contribution in [2.24, 2.45) is 0 Å². The zero-order valence-electron chi connectivity index (χ0n) is 19.0. The summed E-state index contributed by atoms with van der Waals surface area (Å²) in [5.41, 5.74) is 0. The normalized spacial score (nSPS) is 7.91. The number of rotatable bonds is 0. The molecule has 0 atom stereocenters. The molecule has 0 unspecified atom stereocenters. The van der Waals surface area contributed by atoms with Crippen molar-refractivity contribution >= 4 is 44.2 Å². The van der Waals surface area contributed by atoms with E-state index in [0.717, 1.165) is 25.0 Å². The van der Waals surface area contributed by atoms with E-state index in [0.29, 0.717) is 0 Å². The first-order valence-electron chi connectivity index (χ1n) is 7.44. The van der Waals surface area contributed by atoms with Gasteiger partial charge in [-0.2, -0.15) is 0 Å². The number of carbonyl (C=O) groups excluding carboxylic acids is 3. The van der Waals surface area contributed by atoms with Gasteiger partial charge in [0, 0.05) is 25.0 Å². The van der Waals surface area contributed by atoms with Crippen LogP contribution < -0.4 is 0 Å². The largest absolute Gasteiger partial charge is 0.324 e. The van der Waals surface area contributed by atoms with Crippen LogP contribution in [0.5, 0.6) is 0 Å². The molecule has 0 fully saturated rings. The Morgan fingerprint density at radius 2 is 0.469 bits per heavy atom. The number of carbonyl (C=O) groups is 3. The molecule has 0 radical (unpaired) electrons. The SMILES string of the molecule is C.C.C.C.C.CC(C)=O.CC(C)=O.CC(C)=O.CP(C)(C)=O.CS(C)(=O)=O.CS(C)(=O)=O. The number of ketones is 3. The lowest BCUT2D eigenvalue weighted by atomic mass is 10.6. The fraction of sp³-hybridized carbons (Fsp3) is 0.857. The van der Waals surface area contributed by atoms with E-state index in [-0.39, 0.29) is 54.5 Å². The van der Waals surface area contributed by atoms with Crippen LogP contribution in [0.25, 0.3) is 0 Å². The summed E-state index contributed by atoms with van der Waals surface area (Å²) < 4.78 is 48.7. The summed E-state index contributed by atoms with van der Waals surface area (Å²) in [6.45, 7) is 14.4. The van der Waals surface area contributed by atoms with Gasteiger partial charge in [0.15, 0.2) is 0 Å². The van der Waals surface area contributed by atoms with E-state index in [9.17, 15) is 35.8 Å². The molecule has 0 N–H and O–H groups in total. The molecule has 0 amide bonds. The van der Waals surface area contributed by atoms with Crippen molar-refractivity contribution < 1.29 is 35.8 Å². The minimum Gasteiger partial charge on any atom is -0.324 e. The van der Waals surface area contributed by atoms with Crippen molar-refractivity contribution in [1.29, 1.82) is 0 Å². The molecule has 0 rings (SSSR count). The Morgan fingerprint density at radius 1 is 0.469 bits per heavy atom. The van der Waals surface area contributed by atoms with Crippen molar-refractivity contribution in [1.82, 2.24) is 0 Å². The first-order chi connectivity index (χ1) is 11.2. The Labute approximate surface area is 203 Å². The highest BCUT2D eigenvalue weighted by atomic mass is 32.2. The molecule has 11 heteroatoms. The monoisotopic (exact) mass is 534 g/mol. The molecule has 0 aliphatic carbocycles. The van der Waals surface area contributed by atoms with Crippen LogP contribution in [0.4, 0.5) is 0 Å². The Bertz CT molecular complexity index is 550. The van der Waals surface area contributed by atoms with Crippen molar-refractivity contribution in [2.45, 2.75) is 78.7 Å². The zero-order valence-corrected chi connectivity index (χ0v) is 21.6. The van der Waals surface area contributed by atoms with Gasteiger partial charge >= 0.3 is 0 Å². The fourth-order valence-corrected chi connectivity index (χ4v) is 0. The molecule has 32 heavy (non-hydrogen) atoms. The summed E-state index contributed by atoms with van der Waals surface area (Å²) in [5, 5.41) is 0. The summed E-state index contributed by atoms with van der Waals surface area (Å²) in [6, 6.07) is 0. The van der Waals surface area contributed by atoms with Crippen LogP contribution in [-0.4, -0.2) is 79.2 Å². The van der Waals surface area contributed by atoms with Crippen molar-refractivity contribution in [3.05, 3.63) is 0 Å². The molecule has 0 aromatic carbocycles. The van der Waals surface area contributed by atoms with Gasteiger partial charge in [-0.05, 0) is 61.5 Å². The molecule has 0 saturated carbocycles. The maximum atomic E-state index is 10.2. The van der Waals surface area contributed by atoms with E-state index >= 15 is 0 Å². The summed E-state index contributed by atoms with van der Waals surface area (Å²) in [6.07, 6.45) is 4.64. The van der Waals surface area contributed by atoms with Crippen LogP contribution in [0.15, 0.2) is 0 Å². The van der Waals surface area contributed by atoms with Crippen LogP contribution in [0, 0.1) is 0 Å². The van der Waals surface area contributed by atoms with Crippen molar-refractivity contribution in [3.63, 3.8) is 0 Å². The van der Waals surface area contributed by atoms with E-state index in [2.05, 4.69) is 0 Å². The Balaban J connectivity index is -0.0000000179. The van der Waals surface area contributed by atoms with E-state index < -0.39 is 26.8 Å². The van der Waals surface area contributed by atoms with Crippen LogP contribution >= 0.6 is 7.14 Å². The third-order valence-electron chi connectivity index (χ3n) is 0. The third kappa shape index (κ3) is 31200. The van der Waals surface area contributed by atoms with Gasteiger partial charge < -0.3 is 18.9 Å². The number of hydrogen-bond acceptors (Lipinski definition) is 8. The molecular formula is C21H59O8PS2. The van der Waals surface area contributed by atoms with E-state index in [1.165, 1.54) is 41.5 Å². The maximum absolute atomic E-state index is 10.2. The summed E-state index contributed by atoms with van der Waals surface area (Å²) in [4.78, 5) is 28.3. The third-order valence-corrected chi connectivity index (χ3v) is 0. The standard InChI is InChI=1S/C3H9OP.3C3H6O.2C2H6O2S.5CH4/c1-5(2,3)4;3*1-3(2)4;2*1-5(2,3)4;;;;;/h1-3H3;3*1-2H3;2*1-2H3;5*1H4. The number of hydrogen-bond donors (Lipinski definition) is 0. The molecule has 0 spiro atoms. The van der Waals surface area contributed by atoms with Gasteiger partial charge in [-0.15, -0.1) is 0 Å². The Morgan fingerprint density at radius 3 is 0.469 bits per heavy atom. The second-order valence-electron chi connectivity index (χ2n) is 6.90. The summed E-state index contributed by atoms with van der Waals surface area (Å²) >= 11 is 0. The van der Waals surface area contributed by atoms with Crippen LogP contribution in [0.1, 0.15) is 78.7 Å². The molecule has 0 saturated heterocycles. The predicted octanol–water partition coefficient (Wildman–Crippen LogP) is 5.53. The van der Waals surface area contributed by atoms with Gasteiger partial charge in [-0.25, -0.2) is 16.8 Å². The Hall–Kier alpha value is -0.860. The van der Waals surface area contributed by atoms with Gasteiger partial charge in [0.2, 0.25) is 0 Å². The second-order valence-corrected chi connectivity index (χ2v) is 15.3. The average Bonchev–Trinajstić information content (AvgIpc) is 2.01. The first-order valence-corrected chi connectivity index (χ1v) is 15.1. The van der Waals surface area contributed by atoms with Gasteiger partial charge in [-0.3, -0.25) is 0 Å². The lowest BCUT2D eigenvalue weighted by Gasteiger charge is -1.86. The second kappa shape index (κ2) is 37.5. The Kier molecular flexibility index (Phi) is 81.6. The quantitative estimate of drug-likeness (QED) is 0.370. The molecular weight excluding hydrogens is 475 g/mol. The van der Waals surface area contributed by atoms with Gasteiger partial charge in [-0.1, -0.05) is 37.1 Å². The lowest BCUT2D eigenvalue weighted by molar-refractivity contribution is -0.115. The highest BCUT2D eigenvalue weighted by molar-refractivity contribution is 7.90. The fourth-order valence-electron chi connectivity index (χ4n) is 0. The highest BCUT2D eigenvalue weighted by Crippen LogP contribution is 2.28. The van der Waals surface area contributed by atoms with Gasteiger partial charge in [0.05, 0.1) is 7.14 Å². The molecule has 0 bridgehead atoms.